The molecule has 2 aromatic rings. The molecule has 1 atom stereocenters. The predicted molar refractivity (Wildman–Crippen MR) is 105 cm³/mol. The Balaban J connectivity index is 1.35. The van der Waals surface area contributed by atoms with Crippen LogP contribution in [0.3, 0.4) is 0 Å². The van der Waals surface area contributed by atoms with Crippen molar-refractivity contribution >= 4 is 5.91 Å². The monoisotopic (exact) mass is 380 g/mol. The summed E-state index contributed by atoms with van der Waals surface area (Å²) in [6.07, 6.45) is 7.69. The number of methoxy groups -OCH3 is 1. The molecular weight excluding hydrogens is 352 g/mol. The van der Waals surface area contributed by atoms with Crippen molar-refractivity contribution in [3.05, 3.63) is 41.5 Å². The van der Waals surface area contributed by atoms with Crippen molar-refractivity contribution in [1.29, 1.82) is 0 Å². The fraction of sp³-hybridized carbons (Fsp3) is 0.591. The second-order valence-corrected chi connectivity index (χ2v) is 8.78. The maximum Gasteiger partial charge on any atom is 0.227 e. The van der Waals surface area contributed by atoms with Gasteiger partial charge in [-0.2, -0.15) is 5.10 Å². The number of carbonyl (C=O) groups excluding carboxylic acids is 1. The van der Waals surface area contributed by atoms with E-state index in [0.717, 1.165) is 36.1 Å². The molecule has 1 aliphatic heterocycles. The third kappa shape index (κ3) is 3.19. The van der Waals surface area contributed by atoms with E-state index in [1.165, 1.54) is 38.5 Å². The lowest BCUT2D eigenvalue weighted by Gasteiger charge is -2.28. The van der Waals surface area contributed by atoms with Crippen LogP contribution in [0.25, 0.3) is 0 Å². The molecule has 3 aliphatic rings. The summed E-state index contributed by atoms with van der Waals surface area (Å²) in [5.74, 6) is 3.81. The zero-order chi connectivity index (χ0) is 19.1. The van der Waals surface area contributed by atoms with Gasteiger partial charge >= 0.3 is 0 Å². The Kier molecular flexibility index (Phi) is 4.37. The molecule has 1 unspecified atom stereocenters. The summed E-state index contributed by atoms with van der Waals surface area (Å²) in [7, 11) is 1.66. The van der Waals surface area contributed by atoms with Crippen molar-refractivity contribution in [2.75, 3.05) is 20.2 Å². The molecule has 0 bridgehead atoms. The molecule has 6 heteroatoms. The molecule has 1 aromatic heterocycles. The maximum atomic E-state index is 13.1. The topological polar surface area (TPSA) is 71.1 Å². The standard InChI is InChI=1S/C22H28N4O2/c1-28-17-6-4-5-15(11-17)12-19(27)26-13-18(22(14-26)9-2-3-10-22)21-23-20(24-25-21)16-7-8-16/h4-6,11,16,18H,2-3,7-10,12-14H2,1H3,(H,23,24,25). The third-order valence-electron chi connectivity index (χ3n) is 6.88. The Bertz CT molecular complexity index is 867. The number of hydrogen-bond acceptors (Lipinski definition) is 4. The first-order valence-electron chi connectivity index (χ1n) is 10.5. The summed E-state index contributed by atoms with van der Waals surface area (Å²) >= 11 is 0. The highest BCUT2D eigenvalue weighted by atomic mass is 16.5. The first kappa shape index (κ1) is 17.7. The number of aromatic nitrogens is 3. The van der Waals surface area contributed by atoms with Crippen molar-refractivity contribution in [3.63, 3.8) is 0 Å². The molecule has 0 radical (unpaired) electrons. The van der Waals surface area contributed by atoms with Crippen LogP contribution in [-0.4, -0.2) is 46.2 Å². The quantitative estimate of drug-likeness (QED) is 0.863. The van der Waals surface area contributed by atoms with E-state index in [-0.39, 0.29) is 17.2 Å². The number of nitrogens with one attached hydrogen (secondary N) is 1. The Morgan fingerprint density at radius 1 is 1.32 bits per heavy atom. The van der Waals surface area contributed by atoms with Crippen molar-refractivity contribution in [2.24, 2.45) is 5.41 Å². The summed E-state index contributed by atoms with van der Waals surface area (Å²) in [5, 5.41) is 7.71. The molecule has 2 heterocycles. The predicted octanol–water partition coefficient (Wildman–Crippen LogP) is 3.42. The number of ether oxygens (including phenoxy) is 1. The molecule has 28 heavy (non-hydrogen) atoms. The van der Waals surface area contributed by atoms with Crippen LogP contribution in [0.5, 0.6) is 5.75 Å². The van der Waals surface area contributed by atoms with Crippen LogP contribution in [0.4, 0.5) is 0 Å². The lowest BCUT2D eigenvalue weighted by atomic mass is 9.76. The van der Waals surface area contributed by atoms with Gasteiger partial charge in [0.05, 0.1) is 13.5 Å². The van der Waals surface area contributed by atoms with Gasteiger partial charge in [0.25, 0.3) is 0 Å². The van der Waals surface area contributed by atoms with Gasteiger partial charge in [-0.25, -0.2) is 4.98 Å². The highest BCUT2D eigenvalue weighted by Crippen LogP contribution is 2.53. The van der Waals surface area contributed by atoms with Crippen molar-refractivity contribution in [3.8, 4) is 5.75 Å². The van der Waals surface area contributed by atoms with Gasteiger partial charge in [0.15, 0.2) is 5.82 Å². The number of amides is 1. The Morgan fingerprint density at radius 3 is 2.89 bits per heavy atom. The number of nitrogens with zero attached hydrogens (tertiary/aromatic N) is 3. The number of H-pyrrole nitrogens is 1. The number of carbonyl (C=O) groups is 1. The van der Waals surface area contributed by atoms with Crippen molar-refractivity contribution in [1.82, 2.24) is 20.1 Å². The highest BCUT2D eigenvalue weighted by Gasteiger charge is 2.51. The maximum absolute atomic E-state index is 13.1. The summed E-state index contributed by atoms with van der Waals surface area (Å²) in [5.41, 5.74) is 1.17. The Labute approximate surface area is 165 Å². The minimum absolute atomic E-state index is 0.171. The van der Waals surface area contributed by atoms with Gasteiger partial charge in [0.1, 0.15) is 11.6 Å². The second-order valence-electron chi connectivity index (χ2n) is 8.78. The molecule has 3 fully saturated rings. The minimum Gasteiger partial charge on any atom is -0.497 e. The molecule has 2 aliphatic carbocycles. The van der Waals surface area contributed by atoms with Crippen LogP contribution in [-0.2, 0) is 11.2 Å². The summed E-state index contributed by atoms with van der Waals surface area (Å²) in [6, 6.07) is 7.81. The number of aromatic amines is 1. The van der Waals surface area contributed by atoms with E-state index < -0.39 is 0 Å². The first-order chi connectivity index (χ1) is 13.7. The van der Waals surface area contributed by atoms with Gasteiger partial charge in [-0.05, 0) is 48.8 Å². The lowest BCUT2D eigenvalue weighted by Crippen LogP contribution is -2.32. The fourth-order valence-electron chi connectivity index (χ4n) is 5.16. The van der Waals surface area contributed by atoms with E-state index in [2.05, 4.69) is 15.1 Å². The first-order valence-corrected chi connectivity index (χ1v) is 10.5. The SMILES string of the molecule is COc1cccc(CC(=O)N2CC(c3nc(C4CC4)n[nH]3)C3(CCCC3)C2)c1. The molecule has 1 spiro atoms. The van der Waals surface area contributed by atoms with E-state index in [9.17, 15) is 4.79 Å². The zero-order valence-corrected chi connectivity index (χ0v) is 16.5. The average molecular weight is 380 g/mol. The van der Waals surface area contributed by atoms with Crippen LogP contribution in [0.2, 0.25) is 0 Å². The minimum atomic E-state index is 0.171. The average Bonchev–Trinajstić information content (AvgIpc) is 3.13. The number of likely N-dealkylation sites (tertiary alicyclic amines) is 1. The fourth-order valence-corrected chi connectivity index (χ4v) is 5.16. The van der Waals surface area contributed by atoms with E-state index in [4.69, 9.17) is 9.72 Å². The van der Waals surface area contributed by atoms with Crippen LogP contribution in [0, 0.1) is 5.41 Å². The summed E-state index contributed by atoms with van der Waals surface area (Å²) in [6.45, 7) is 1.60. The molecule has 1 amide bonds. The normalized spacial score (nSPS) is 23.5. The van der Waals surface area contributed by atoms with Gasteiger partial charge < -0.3 is 9.64 Å². The second kappa shape index (κ2) is 6.90. The summed E-state index contributed by atoms with van der Waals surface area (Å²) < 4.78 is 5.30. The van der Waals surface area contributed by atoms with Crippen LogP contribution in [0.1, 0.15) is 67.6 Å². The van der Waals surface area contributed by atoms with Crippen LogP contribution >= 0.6 is 0 Å². The number of benzene rings is 1. The molecule has 6 nitrogen and oxygen atoms in total. The molecule has 5 rings (SSSR count). The van der Waals surface area contributed by atoms with Crippen LogP contribution < -0.4 is 4.74 Å². The van der Waals surface area contributed by atoms with Crippen molar-refractivity contribution in [2.45, 2.75) is 56.8 Å². The summed E-state index contributed by atoms with van der Waals surface area (Å²) in [4.78, 5) is 20.0. The number of hydrogen-bond donors (Lipinski definition) is 1. The van der Waals surface area contributed by atoms with Crippen molar-refractivity contribution < 1.29 is 9.53 Å². The van der Waals surface area contributed by atoms with Gasteiger partial charge in [0, 0.05) is 24.9 Å². The van der Waals surface area contributed by atoms with E-state index in [1.54, 1.807) is 7.11 Å². The molecule has 2 saturated carbocycles. The molecule has 148 valence electrons. The van der Waals surface area contributed by atoms with E-state index in [1.807, 2.05) is 24.3 Å². The highest BCUT2D eigenvalue weighted by molar-refractivity contribution is 5.79. The molecule has 1 N–H and O–H groups in total. The molecule has 1 saturated heterocycles. The van der Waals surface area contributed by atoms with Gasteiger partial charge in [-0.1, -0.05) is 25.0 Å². The molecular formula is C22H28N4O2. The number of rotatable bonds is 5. The Morgan fingerprint density at radius 2 is 2.14 bits per heavy atom. The van der Waals surface area contributed by atoms with Gasteiger partial charge in [-0.15, -0.1) is 0 Å². The Hall–Kier alpha value is -2.37. The van der Waals surface area contributed by atoms with Gasteiger partial charge in [0.2, 0.25) is 5.91 Å². The van der Waals surface area contributed by atoms with E-state index in [0.29, 0.717) is 12.3 Å². The zero-order valence-electron chi connectivity index (χ0n) is 16.5. The van der Waals surface area contributed by atoms with Gasteiger partial charge in [-0.3, -0.25) is 9.89 Å². The molecule has 1 aromatic carbocycles. The largest absolute Gasteiger partial charge is 0.497 e. The lowest BCUT2D eigenvalue weighted by molar-refractivity contribution is -0.129. The third-order valence-corrected chi connectivity index (χ3v) is 6.88. The smallest absolute Gasteiger partial charge is 0.227 e. The van der Waals surface area contributed by atoms with Crippen LogP contribution in [0.15, 0.2) is 24.3 Å². The van der Waals surface area contributed by atoms with E-state index >= 15 is 0 Å².